The van der Waals surface area contributed by atoms with Gasteiger partial charge in [-0.1, -0.05) is 25.0 Å². The van der Waals surface area contributed by atoms with Crippen LogP contribution < -0.4 is 15.4 Å². The number of likely N-dealkylation sites (tertiary alicyclic amines) is 1. The van der Waals surface area contributed by atoms with Gasteiger partial charge >= 0.3 is 0 Å². The molecule has 2 aliphatic heterocycles. The first kappa shape index (κ1) is 18.2. The molecule has 138 valence electrons. The lowest BCUT2D eigenvalue weighted by molar-refractivity contribution is -0.124. The zero-order valence-electron chi connectivity index (χ0n) is 15.3. The number of methoxy groups -OCH3 is 1. The Morgan fingerprint density at radius 2 is 1.96 bits per heavy atom. The van der Waals surface area contributed by atoms with Crippen molar-refractivity contribution >= 4 is 5.91 Å². The molecule has 2 atom stereocenters. The van der Waals surface area contributed by atoms with Gasteiger partial charge in [-0.3, -0.25) is 9.69 Å². The zero-order valence-corrected chi connectivity index (χ0v) is 15.3. The molecule has 0 radical (unpaired) electrons. The van der Waals surface area contributed by atoms with Crippen LogP contribution in [0, 0.1) is 0 Å². The Morgan fingerprint density at radius 3 is 2.60 bits per heavy atom. The molecule has 0 bridgehead atoms. The average Bonchev–Trinajstić information content (AvgIpc) is 2.70. The van der Waals surface area contributed by atoms with E-state index in [0.29, 0.717) is 6.54 Å². The molecule has 2 saturated heterocycles. The van der Waals surface area contributed by atoms with Crippen LogP contribution in [0.5, 0.6) is 5.75 Å². The molecule has 2 heterocycles. The van der Waals surface area contributed by atoms with Gasteiger partial charge in [0.2, 0.25) is 5.91 Å². The predicted molar refractivity (Wildman–Crippen MR) is 99.8 cm³/mol. The van der Waals surface area contributed by atoms with Crippen LogP contribution in [-0.4, -0.2) is 50.1 Å². The molecule has 1 aromatic carbocycles. The molecule has 2 aliphatic rings. The highest BCUT2D eigenvalue weighted by atomic mass is 16.5. The second-order valence-electron chi connectivity index (χ2n) is 7.13. The Labute approximate surface area is 151 Å². The van der Waals surface area contributed by atoms with Crippen LogP contribution in [0.15, 0.2) is 24.3 Å². The second-order valence-corrected chi connectivity index (χ2v) is 7.13. The Kier molecular flexibility index (Phi) is 6.70. The third-order valence-electron chi connectivity index (χ3n) is 5.43. The minimum atomic E-state index is -0.0216. The van der Waals surface area contributed by atoms with E-state index in [2.05, 4.69) is 27.7 Å². The largest absolute Gasteiger partial charge is 0.497 e. The molecule has 0 spiro atoms. The van der Waals surface area contributed by atoms with Crippen LogP contribution in [0.4, 0.5) is 0 Å². The molecule has 2 fully saturated rings. The minimum absolute atomic E-state index is 0.0216. The summed E-state index contributed by atoms with van der Waals surface area (Å²) in [7, 11) is 1.69. The number of rotatable bonds is 6. The summed E-state index contributed by atoms with van der Waals surface area (Å²) in [6.07, 6.45) is 7.05. The van der Waals surface area contributed by atoms with E-state index in [-0.39, 0.29) is 18.0 Å². The van der Waals surface area contributed by atoms with Crippen LogP contribution in [0.3, 0.4) is 0 Å². The van der Waals surface area contributed by atoms with Crippen LogP contribution in [0.25, 0.3) is 0 Å². The highest BCUT2D eigenvalue weighted by molar-refractivity contribution is 5.81. The van der Waals surface area contributed by atoms with E-state index in [1.165, 1.54) is 31.2 Å². The lowest BCUT2D eigenvalue weighted by Crippen LogP contribution is -2.49. The number of benzene rings is 1. The van der Waals surface area contributed by atoms with Gasteiger partial charge in [0.15, 0.2) is 0 Å². The summed E-state index contributed by atoms with van der Waals surface area (Å²) < 4.78 is 5.28. The third-order valence-corrected chi connectivity index (χ3v) is 5.43. The summed E-state index contributed by atoms with van der Waals surface area (Å²) in [6.45, 7) is 3.83. The number of nitrogens with one attached hydrogen (secondary N) is 2. The summed E-state index contributed by atoms with van der Waals surface area (Å²) >= 11 is 0. The van der Waals surface area contributed by atoms with Crippen molar-refractivity contribution in [3.63, 3.8) is 0 Å². The van der Waals surface area contributed by atoms with E-state index in [1.807, 2.05) is 12.1 Å². The fourth-order valence-electron chi connectivity index (χ4n) is 3.91. The van der Waals surface area contributed by atoms with Crippen molar-refractivity contribution in [3.05, 3.63) is 29.8 Å². The number of hydrogen-bond acceptors (Lipinski definition) is 4. The first-order valence-corrected chi connectivity index (χ1v) is 9.67. The van der Waals surface area contributed by atoms with Gasteiger partial charge in [-0.05, 0) is 63.0 Å². The van der Waals surface area contributed by atoms with Gasteiger partial charge < -0.3 is 15.4 Å². The summed E-state index contributed by atoms with van der Waals surface area (Å²) in [5.41, 5.74) is 1.25. The van der Waals surface area contributed by atoms with Gasteiger partial charge in [-0.15, -0.1) is 0 Å². The van der Waals surface area contributed by atoms with Gasteiger partial charge in [0.05, 0.1) is 19.2 Å². The van der Waals surface area contributed by atoms with Crippen molar-refractivity contribution in [2.75, 3.05) is 33.3 Å². The molecular formula is C20H31N3O2. The Hall–Kier alpha value is -1.59. The molecule has 2 N–H and O–H groups in total. The van der Waals surface area contributed by atoms with E-state index in [0.717, 1.165) is 38.2 Å². The number of piperidine rings is 2. The number of carbonyl (C=O) groups excluding carboxylic acids is 1. The molecule has 1 aromatic rings. The Morgan fingerprint density at radius 1 is 1.20 bits per heavy atom. The molecular weight excluding hydrogens is 314 g/mol. The summed E-state index contributed by atoms with van der Waals surface area (Å²) in [6, 6.07) is 8.49. The van der Waals surface area contributed by atoms with Crippen LogP contribution in [0.1, 0.15) is 50.1 Å². The Bertz CT molecular complexity index is 534. The molecule has 1 amide bonds. The smallest absolute Gasteiger partial charge is 0.237 e. The van der Waals surface area contributed by atoms with E-state index in [4.69, 9.17) is 4.74 Å². The number of carbonyl (C=O) groups is 1. The maximum absolute atomic E-state index is 12.5. The fraction of sp³-hybridized carbons (Fsp3) is 0.650. The van der Waals surface area contributed by atoms with Crippen molar-refractivity contribution in [3.8, 4) is 5.75 Å². The third kappa shape index (κ3) is 4.95. The SMILES string of the molecule is COc1ccc(C(CNC(=O)C2CCCCN2)N2CCCCC2)cc1. The molecule has 0 saturated carbocycles. The lowest BCUT2D eigenvalue weighted by Gasteiger charge is -2.35. The quantitative estimate of drug-likeness (QED) is 0.832. The van der Waals surface area contributed by atoms with Crippen LogP contribution >= 0.6 is 0 Å². The highest BCUT2D eigenvalue weighted by Gasteiger charge is 2.25. The summed E-state index contributed by atoms with van der Waals surface area (Å²) in [5, 5.41) is 6.54. The first-order chi connectivity index (χ1) is 12.3. The lowest BCUT2D eigenvalue weighted by atomic mass is 10.0. The van der Waals surface area contributed by atoms with Gasteiger partial charge in [-0.25, -0.2) is 0 Å². The number of amides is 1. The van der Waals surface area contributed by atoms with Gasteiger partial charge in [0.25, 0.3) is 0 Å². The normalized spacial score (nSPS) is 23.0. The summed E-state index contributed by atoms with van der Waals surface area (Å²) in [4.78, 5) is 15.0. The van der Waals surface area contributed by atoms with E-state index in [9.17, 15) is 4.79 Å². The molecule has 5 nitrogen and oxygen atoms in total. The van der Waals surface area contributed by atoms with E-state index in [1.54, 1.807) is 7.11 Å². The van der Waals surface area contributed by atoms with Crippen molar-refractivity contribution in [2.24, 2.45) is 0 Å². The standard InChI is InChI=1S/C20H31N3O2/c1-25-17-10-8-16(9-11-17)19(23-13-5-2-6-14-23)15-22-20(24)18-7-3-4-12-21-18/h8-11,18-19,21H,2-7,12-15H2,1H3,(H,22,24). The maximum atomic E-state index is 12.5. The number of hydrogen-bond donors (Lipinski definition) is 2. The average molecular weight is 345 g/mol. The van der Waals surface area contributed by atoms with Gasteiger partial charge in [-0.2, -0.15) is 0 Å². The number of nitrogens with zero attached hydrogens (tertiary/aromatic N) is 1. The minimum Gasteiger partial charge on any atom is -0.497 e. The molecule has 0 aliphatic carbocycles. The molecule has 5 heteroatoms. The van der Waals surface area contributed by atoms with E-state index >= 15 is 0 Å². The first-order valence-electron chi connectivity index (χ1n) is 9.67. The molecule has 25 heavy (non-hydrogen) atoms. The molecule has 2 unspecified atom stereocenters. The fourth-order valence-corrected chi connectivity index (χ4v) is 3.91. The summed E-state index contributed by atoms with van der Waals surface area (Å²) in [5.74, 6) is 1.02. The van der Waals surface area contributed by atoms with Gasteiger partial charge in [0, 0.05) is 6.54 Å². The van der Waals surface area contributed by atoms with E-state index < -0.39 is 0 Å². The highest BCUT2D eigenvalue weighted by Crippen LogP contribution is 2.26. The van der Waals surface area contributed by atoms with Gasteiger partial charge in [0.1, 0.15) is 5.75 Å². The zero-order chi connectivity index (χ0) is 17.5. The topological polar surface area (TPSA) is 53.6 Å². The van der Waals surface area contributed by atoms with Crippen molar-refractivity contribution in [2.45, 2.75) is 50.6 Å². The molecule has 3 rings (SSSR count). The van der Waals surface area contributed by atoms with Crippen LogP contribution in [-0.2, 0) is 4.79 Å². The monoisotopic (exact) mass is 345 g/mol. The van der Waals surface area contributed by atoms with Crippen LogP contribution in [0.2, 0.25) is 0 Å². The van der Waals surface area contributed by atoms with Crippen molar-refractivity contribution in [1.82, 2.24) is 15.5 Å². The predicted octanol–water partition coefficient (Wildman–Crippen LogP) is 2.48. The molecule has 0 aromatic heterocycles. The second kappa shape index (κ2) is 9.20. The maximum Gasteiger partial charge on any atom is 0.237 e. The Balaban J connectivity index is 1.65. The van der Waals surface area contributed by atoms with Crippen molar-refractivity contribution in [1.29, 1.82) is 0 Å². The number of ether oxygens (including phenoxy) is 1. The van der Waals surface area contributed by atoms with Crippen molar-refractivity contribution < 1.29 is 9.53 Å².